The largest absolute Gasteiger partial charge is 0.507 e. The molecule has 0 saturated heterocycles. The van der Waals surface area contributed by atoms with Crippen molar-refractivity contribution in [3.05, 3.63) is 46.3 Å². The maximum Gasteiger partial charge on any atom is 0.204 e. The lowest BCUT2D eigenvalue weighted by molar-refractivity contribution is -0.0406. The normalized spacial score (nSPS) is 17.5. The van der Waals surface area contributed by atoms with Crippen molar-refractivity contribution < 1.29 is 28.8 Å². The van der Waals surface area contributed by atoms with Crippen LogP contribution in [0.5, 0.6) is 23.0 Å². The lowest BCUT2D eigenvalue weighted by atomic mass is 9.89. The molecular weight excluding hydrogens is 376 g/mol. The number of ether oxygens (including phenoxy) is 3. The van der Waals surface area contributed by atoms with Crippen molar-refractivity contribution in [2.45, 2.75) is 32.0 Å². The Bertz CT molecular complexity index is 1140. The highest BCUT2D eigenvalue weighted by Gasteiger charge is 2.38. The fourth-order valence-electron chi connectivity index (χ4n) is 3.52. The molecule has 29 heavy (non-hydrogen) atoms. The highest BCUT2D eigenvalue weighted by Crippen LogP contribution is 2.43. The summed E-state index contributed by atoms with van der Waals surface area (Å²) in [6.07, 6.45) is 0.685. The standard InChI is InChI=1S/C22H22O7/c1-22(2)18(24)8-14-16(23)9-17-19(21(14)29-22)20(25)15(10-28-17)11-5-12(26-3)7-13(6-11)27-4/h5-7,9-10,18,23-24H,8H2,1-4H3. The molecule has 0 fully saturated rings. The molecule has 0 saturated carbocycles. The number of hydrogen-bond donors (Lipinski definition) is 2. The summed E-state index contributed by atoms with van der Waals surface area (Å²) in [5.74, 6) is 1.22. The molecule has 3 aromatic rings. The molecule has 1 aliphatic rings. The van der Waals surface area contributed by atoms with E-state index < -0.39 is 11.7 Å². The van der Waals surface area contributed by atoms with E-state index in [9.17, 15) is 15.0 Å². The van der Waals surface area contributed by atoms with Gasteiger partial charge in [-0.25, -0.2) is 0 Å². The van der Waals surface area contributed by atoms with Gasteiger partial charge in [0, 0.05) is 24.1 Å². The Kier molecular flexibility index (Phi) is 4.42. The molecule has 2 aromatic carbocycles. The number of phenolic OH excluding ortho intramolecular Hbond substituents is 1. The summed E-state index contributed by atoms with van der Waals surface area (Å²) in [6, 6.07) is 6.50. The third-order valence-corrected chi connectivity index (χ3v) is 5.33. The summed E-state index contributed by atoms with van der Waals surface area (Å²) >= 11 is 0. The summed E-state index contributed by atoms with van der Waals surface area (Å²) in [5.41, 5.74) is 0.220. The molecule has 7 heteroatoms. The van der Waals surface area contributed by atoms with Crippen LogP contribution >= 0.6 is 0 Å². The molecule has 0 radical (unpaired) electrons. The molecule has 0 amide bonds. The SMILES string of the molecule is COc1cc(OC)cc(-c2coc3cc(O)c4c(c3c2=O)OC(C)(C)C(O)C4)c1. The van der Waals surface area contributed by atoms with Crippen LogP contribution in [0.25, 0.3) is 22.1 Å². The fourth-order valence-corrected chi connectivity index (χ4v) is 3.52. The predicted octanol–water partition coefficient (Wildman–Crippen LogP) is 3.26. The minimum Gasteiger partial charge on any atom is -0.507 e. The highest BCUT2D eigenvalue weighted by molar-refractivity contribution is 5.90. The average molecular weight is 398 g/mol. The van der Waals surface area contributed by atoms with Crippen molar-refractivity contribution in [2.75, 3.05) is 14.2 Å². The number of methoxy groups -OCH3 is 2. The van der Waals surface area contributed by atoms with E-state index >= 15 is 0 Å². The Morgan fingerprint density at radius 1 is 1.10 bits per heavy atom. The summed E-state index contributed by atoms with van der Waals surface area (Å²) in [7, 11) is 3.06. The van der Waals surface area contributed by atoms with E-state index in [1.807, 2.05) is 0 Å². The maximum atomic E-state index is 13.4. The zero-order chi connectivity index (χ0) is 20.9. The van der Waals surface area contributed by atoms with Crippen LogP contribution in [0, 0.1) is 0 Å². The Hall–Kier alpha value is -3.19. The van der Waals surface area contributed by atoms with Gasteiger partial charge in [0.05, 0.1) is 25.9 Å². The molecule has 4 rings (SSSR count). The number of aliphatic hydroxyl groups excluding tert-OH is 1. The Morgan fingerprint density at radius 3 is 2.38 bits per heavy atom. The lowest BCUT2D eigenvalue weighted by Crippen LogP contribution is -2.46. The minimum atomic E-state index is -0.921. The van der Waals surface area contributed by atoms with Crippen LogP contribution < -0.4 is 19.6 Å². The van der Waals surface area contributed by atoms with Gasteiger partial charge in [-0.05, 0) is 31.5 Å². The number of fused-ring (bicyclic) bond motifs is 3. The molecule has 1 aliphatic heterocycles. The molecule has 2 heterocycles. The van der Waals surface area contributed by atoms with Gasteiger partial charge in [0.25, 0.3) is 0 Å². The number of rotatable bonds is 3. The molecular formula is C22H22O7. The van der Waals surface area contributed by atoms with E-state index in [4.69, 9.17) is 18.6 Å². The van der Waals surface area contributed by atoms with Crippen molar-refractivity contribution in [3.8, 4) is 34.1 Å². The van der Waals surface area contributed by atoms with Crippen LogP contribution in [0.3, 0.4) is 0 Å². The van der Waals surface area contributed by atoms with Crippen molar-refractivity contribution in [1.29, 1.82) is 0 Å². The molecule has 1 aromatic heterocycles. The summed E-state index contributed by atoms with van der Waals surface area (Å²) < 4.78 is 22.2. The van der Waals surface area contributed by atoms with Crippen molar-refractivity contribution in [1.82, 2.24) is 0 Å². The highest BCUT2D eigenvalue weighted by atomic mass is 16.5. The zero-order valence-electron chi connectivity index (χ0n) is 16.6. The van der Waals surface area contributed by atoms with Crippen LogP contribution in [0.2, 0.25) is 0 Å². The molecule has 0 spiro atoms. The topological polar surface area (TPSA) is 98.4 Å². The number of phenols is 1. The Morgan fingerprint density at radius 2 is 1.76 bits per heavy atom. The summed E-state index contributed by atoms with van der Waals surface area (Å²) in [4.78, 5) is 13.4. The van der Waals surface area contributed by atoms with Crippen LogP contribution in [-0.2, 0) is 6.42 Å². The fraction of sp³-hybridized carbons (Fsp3) is 0.318. The van der Waals surface area contributed by atoms with Crippen molar-refractivity contribution >= 4 is 11.0 Å². The van der Waals surface area contributed by atoms with Crippen molar-refractivity contribution in [2.24, 2.45) is 0 Å². The molecule has 1 atom stereocenters. The molecule has 152 valence electrons. The molecule has 0 bridgehead atoms. The smallest absolute Gasteiger partial charge is 0.204 e. The second kappa shape index (κ2) is 6.70. The van der Waals surface area contributed by atoms with Crippen LogP contribution in [0.4, 0.5) is 0 Å². The van der Waals surface area contributed by atoms with Gasteiger partial charge >= 0.3 is 0 Å². The minimum absolute atomic E-state index is 0.0824. The Balaban J connectivity index is 2.00. The average Bonchev–Trinajstić information content (AvgIpc) is 2.69. The second-order valence-corrected chi connectivity index (χ2v) is 7.58. The summed E-state index contributed by atoms with van der Waals surface area (Å²) in [6.45, 7) is 3.46. The quantitative estimate of drug-likeness (QED) is 0.699. The number of aromatic hydroxyl groups is 1. The van der Waals surface area contributed by atoms with Gasteiger partial charge in [0.2, 0.25) is 5.43 Å². The monoisotopic (exact) mass is 398 g/mol. The molecule has 7 nitrogen and oxygen atoms in total. The van der Waals surface area contributed by atoms with Gasteiger partial charge in [-0.3, -0.25) is 4.79 Å². The lowest BCUT2D eigenvalue weighted by Gasteiger charge is -2.37. The maximum absolute atomic E-state index is 13.4. The molecule has 0 aliphatic carbocycles. The zero-order valence-corrected chi connectivity index (χ0v) is 16.6. The number of benzene rings is 2. The van der Waals surface area contributed by atoms with Gasteiger partial charge in [-0.1, -0.05) is 0 Å². The first-order valence-corrected chi connectivity index (χ1v) is 9.16. The van der Waals surface area contributed by atoms with Crippen LogP contribution in [0.15, 0.2) is 39.7 Å². The second-order valence-electron chi connectivity index (χ2n) is 7.58. The third-order valence-electron chi connectivity index (χ3n) is 5.33. The molecule has 1 unspecified atom stereocenters. The van der Waals surface area contributed by atoms with E-state index in [0.717, 1.165) is 0 Å². The van der Waals surface area contributed by atoms with E-state index in [2.05, 4.69) is 0 Å². The van der Waals surface area contributed by atoms with Crippen molar-refractivity contribution in [3.63, 3.8) is 0 Å². The third kappa shape index (κ3) is 3.07. The van der Waals surface area contributed by atoms with Gasteiger partial charge in [0.1, 0.15) is 45.8 Å². The predicted molar refractivity (Wildman–Crippen MR) is 107 cm³/mol. The van der Waals surface area contributed by atoms with E-state index in [-0.39, 0.29) is 34.3 Å². The first-order valence-electron chi connectivity index (χ1n) is 9.16. The first-order chi connectivity index (χ1) is 13.7. The Labute approximate surface area is 167 Å². The first kappa shape index (κ1) is 19.1. The van der Waals surface area contributed by atoms with E-state index in [1.165, 1.54) is 26.5 Å². The van der Waals surface area contributed by atoms with Gasteiger partial charge < -0.3 is 28.8 Å². The van der Waals surface area contributed by atoms with Gasteiger partial charge in [0.15, 0.2) is 0 Å². The van der Waals surface area contributed by atoms with Crippen LogP contribution in [-0.4, -0.2) is 36.1 Å². The molecule has 2 N–H and O–H groups in total. The van der Waals surface area contributed by atoms with Gasteiger partial charge in [-0.2, -0.15) is 0 Å². The summed E-state index contributed by atoms with van der Waals surface area (Å²) in [5, 5.41) is 20.9. The van der Waals surface area contributed by atoms with E-state index in [1.54, 1.807) is 32.0 Å². The van der Waals surface area contributed by atoms with Crippen LogP contribution in [0.1, 0.15) is 19.4 Å². The number of hydrogen-bond acceptors (Lipinski definition) is 7. The van der Waals surface area contributed by atoms with Gasteiger partial charge in [-0.15, -0.1) is 0 Å². The number of aliphatic hydroxyl groups is 1. The van der Waals surface area contributed by atoms with E-state index in [0.29, 0.717) is 28.2 Å².